The van der Waals surface area contributed by atoms with Gasteiger partial charge in [0.05, 0.1) is 6.54 Å². The van der Waals surface area contributed by atoms with Crippen molar-refractivity contribution in [1.82, 2.24) is 10.2 Å². The molecule has 0 aliphatic carbocycles. The van der Waals surface area contributed by atoms with E-state index in [1.54, 1.807) is 37.3 Å². The Hall–Kier alpha value is -4.33. The van der Waals surface area contributed by atoms with Gasteiger partial charge < -0.3 is 20.1 Å². The molecule has 2 heterocycles. The number of anilines is 1. The number of nitrogens with zero attached hydrogens (tertiary/aromatic N) is 1. The number of para-hydroxylation sites is 1. The third kappa shape index (κ3) is 4.17. The highest BCUT2D eigenvalue weighted by atomic mass is 16.7. The molecule has 0 spiro atoms. The molecule has 2 aliphatic heterocycles. The standard InChI is InChI=1S/C26H23N3O5/c1-26(14-18-9-12-21-22(13-18)34-16-33-21)24(31)29(25(32)28-26)15-17-7-10-19(11-8-17)23(30)27-20-5-3-2-4-6-20/h2-13H,14-16H2,1H3,(H,27,30)(H,28,32)/t26-/m0/s1. The van der Waals surface area contributed by atoms with Gasteiger partial charge in [-0.25, -0.2) is 4.79 Å². The number of carbonyl (C=O) groups excluding carboxylic acids is 3. The van der Waals surface area contributed by atoms with Crippen molar-refractivity contribution in [2.75, 3.05) is 12.1 Å². The van der Waals surface area contributed by atoms with E-state index < -0.39 is 11.6 Å². The minimum absolute atomic E-state index is 0.113. The molecule has 0 saturated carbocycles. The van der Waals surface area contributed by atoms with Gasteiger partial charge in [-0.1, -0.05) is 36.4 Å². The Morgan fingerprint density at radius 3 is 2.44 bits per heavy atom. The van der Waals surface area contributed by atoms with Crippen molar-refractivity contribution < 1.29 is 23.9 Å². The van der Waals surface area contributed by atoms with E-state index in [1.807, 2.05) is 42.5 Å². The third-order valence-electron chi connectivity index (χ3n) is 5.93. The number of hydrogen-bond donors (Lipinski definition) is 2. The number of fused-ring (bicyclic) bond motifs is 1. The van der Waals surface area contributed by atoms with Crippen molar-refractivity contribution in [2.24, 2.45) is 0 Å². The summed E-state index contributed by atoms with van der Waals surface area (Å²) < 4.78 is 10.7. The van der Waals surface area contributed by atoms with Crippen LogP contribution in [-0.2, 0) is 17.8 Å². The van der Waals surface area contributed by atoms with Crippen LogP contribution in [0, 0.1) is 0 Å². The van der Waals surface area contributed by atoms with Crippen LogP contribution in [0.2, 0.25) is 0 Å². The quantitative estimate of drug-likeness (QED) is 0.550. The fraction of sp³-hybridized carbons (Fsp3) is 0.192. The van der Waals surface area contributed by atoms with Crippen molar-refractivity contribution in [2.45, 2.75) is 25.4 Å². The SMILES string of the molecule is C[C@@]1(Cc2ccc3c(c2)OCO3)NC(=O)N(Cc2ccc(C(=O)Nc3ccccc3)cc2)C1=O. The lowest BCUT2D eigenvalue weighted by molar-refractivity contribution is -0.131. The van der Waals surface area contributed by atoms with Crippen LogP contribution >= 0.6 is 0 Å². The van der Waals surface area contributed by atoms with Crippen LogP contribution < -0.4 is 20.1 Å². The largest absolute Gasteiger partial charge is 0.454 e. The number of benzene rings is 3. The molecule has 4 amide bonds. The van der Waals surface area contributed by atoms with Crippen LogP contribution in [0.1, 0.15) is 28.4 Å². The van der Waals surface area contributed by atoms with Gasteiger partial charge >= 0.3 is 6.03 Å². The first-order valence-electron chi connectivity index (χ1n) is 10.9. The van der Waals surface area contributed by atoms with Gasteiger partial charge in [0, 0.05) is 17.7 Å². The van der Waals surface area contributed by atoms with Gasteiger partial charge in [0.25, 0.3) is 11.8 Å². The second kappa shape index (κ2) is 8.55. The van der Waals surface area contributed by atoms with E-state index in [1.165, 1.54) is 4.90 Å². The minimum Gasteiger partial charge on any atom is -0.454 e. The van der Waals surface area contributed by atoms with Crippen molar-refractivity contribution in [3.05, 3.63) is 89.5 Å². The summed E-state index contributed by atoms with van der Waals surface area (Å²) in [5.74, 6) is 0.759. The maximum atomic E-state index is 13.2. The van der Waals surface area contributed by atoms with Gasteiger partial charge in [-0.05, 0) is 54.4 Å². The predicted octanol–water partition coefficient (Wildman–Crippen LogP) is 3.72. The van der Waals surface area contributed by atoms with Crippen LogP contribution in [0.15, 0.2) is 72.8 Å². The lowest BCUT2D eigenvalue weighted by atomic mass is 9.92. The first-order chi connectivity index (χ1) is 16.4. The molecule has 2 N–H and O–H groups in total. The number of rotatable bonds is 6. The monoisotopic (exact) mass is 457 g/mol. The number of carbonyl (C=O) groups is 3. The summed E-state index contributed by atoms with van der Waals surface area (Å²) >= 11 is 0. The summed E-state index contributed by atoms with van der Waals surface area (Å²) in [6.07, 6.45) is 0.323. The van der Waals surface area contributed by atoms with Crippen molar-refractivity contribution in [3.8, 4) is 11.5 Å². The number of urea groups is 1. The zero-order valence-corrected chi connectivity index (χ0v) is 18.5. The Kier molecular flexibility index (Phi) is 5.41. The molecule has 34 heavy (non-hydrogen) atoms. The third-order valence-corrected chi connectivity index (χ3v) is 5.93. The summed E-state index contributed by atoms with van der Waals surface area (Å²) in [6.45, 7) is 2.00. The summed E-state index contributed by atoms with van der Waals surface area (Å²) in [4.78, 5) is 39.5. The number of imide groups is 1. The Morgan fingerprint density at radius 2 is 1.68 bits per heavy atom. The lowest BCUT2D eigenvalue weighted by Gasteiger charge is -2.22. The second-order valence-electron chi connectivity index (χ2n) is 8.54. The molecule has 8 nitrogen and oxygen atoms in total. The number of amides is 4. The van der Waals surface area contributed by atoms with Crippen LogP contribution in [-0.4, -0.2) is 35.1 Å². The Morgan fingerprint density at radius 1 is 0.971 bits per heavy atom. The lowest BCUT2D eigenvalue weighted by Crippen LogP contribution is -2.45. The number of nitrogens with one attached hydrogen (secondary N) is 2. The number of hydrogen-bond acceptors (Lipinski definition) is 5. The molecule has 8 heteroatoms. The molecule has 3 aromatic rings. The van der Waals surface area contributed by atoms with Crippen LogP contribution in [0.5, 0.6) is 11.5 Å². The normalized spacial score (nSPS) is 18.7. The van der Waals surface area contributed by atoms with Gasteiger partial charge in [0.2, 0.25) is 6.79 Å². The smallest absolute Gasteiger partial charge is 0.325 e. The molecular weight excluding hydrogens is 434 g/mol. The van der Waals surface area contributed by atoms with Gasteiger partial charge in [-0.3, -0.25) is 14.5 Å². The molecule has 0 bridgehead atoms. The fourth-order valence-electron chi connectivity index (χ4n) is 4.14. The molecule has 1 fully saturated rings. The molecule has 172 valence electrons. The highest BCUT2D eigenvalue weighted by Gasteiger charge is 2.47. The van der Waals surface area contributed by atoms with E-state index in [-0.39, 0.29) is 25.2 Å². The molecule has 0 unspecified atom stereocenters. The van der Waals surface area contributed by atoms with Crippen molar-refractivity contribution in [1.29, 1.82) is 0 Å². The molecular formula is C26H23N3O5. The van der Waals surface area contributed by atoms with E-state index in [9.17, 15) is 14.4 Å². The average molecular weight is 457 g/mol. The molecule has 0 radical (unpaired) electrons. The van der Waals surface area contributed by atoms with E-state index in [0.29, 0.717) is 29.2 Å². The second-order valence-corrected chi connectivity index (χ2v) is 8.54. The molecule has 0 aromatic heterocycles. The van der Waals surface area contributed by atoms with Crippen molar-refractivity contribution in [3.63, 3.8) is 0 Å². The summed E-state index contributed by atoms with van der Waals surface area (Å²) in [5.41, 5.74) is 1.72. The van der Waals surface area contributed by atoms with Gasteiger partial charge in [-0.15, -0.1) is 0 Å². The molecule has 2 aliphatic rings. The van der Waals surface area contributed by atoms with E-state index >= 15 is 0 Å². The molecule has 3 aromatic carbocycles. The summed E-state index contributed by atoms with van der Waals surface area (Å²) in [7, 11) is 0. The van der Waals surface area contributed by atoms with Gasteiger partial charge in [0.1, 0.15) is 5.54 Å². The first kappa shape index (κ1) is 21.5. The Balaban J connectivity index is 1.25. The van der Waals surface area contributed by atoms with Gasteiger partial charge in [0.15, 0.2) is 11.5 Å². The topological polar surface area (TPSA) is 97.0 Å². The van der Waals surface area contributed by atoms with E-state index in [0.717, 1.165) is 11.1 Å². The minimum atomic E-state index is -1.07. The molecule has 1 atom stereocenters. The highest BCUT2D eigenvalue weighted by Crippen LogP contribution is 2.34. The summed E-state index contributed by atoms with van der Waals surface area (Å²) in [5, 5.41) is 5.65. The first-order valence-corrected chi connectivity index (χ1v) is 10.9. The van der Waals surface area contributed by atoms with Crippen LogP contribution in [0.3, 0.4) is 0 Å². The maximum Gasteiger partial charge on any atom is 0.325 e. The predicted molar refractivity (Wildman–Crippen MR) is 125 cm³/mol. The van der Waals surface area contributed by atoms with E-state index in [4.69, 9.17) is 9.47 Å². The average Bonchev–Trinajstić information content (AvgIpc) is 3.38. The van der Waals surface area contributed by atoms with Gasteiger partial charge in [-0.2, -0.15) is 0 Å². The summed E-state index contributed by atoms with van der Waals surface area (Å²) in [6, 6.07) is 21.1. The van der Waals surface area contributed by atoms with Crippen LogP contribution in [0.4, 0.5) is 10.5 Å². The Labute approximate surface area is 196 Å². The van der Waals surface area contributed by atoms with Crippen LogP contribution in [0.25, 0.3) is 0 Å². The van der Waals surface area contributed by atoms with Crippen molar-refractivity contribution >= 4 is 23.5 Å². The molecule has 5 rings (SSSR count). The Bertz CT molecular complexity index is 1260. The molecule has 1 saturated heterocycles. The maximum absolute atomic E-state index is 13.2. The zero-order chi connectivity index (χ0) is 23.7. The highest BCUT2D eigenvalue weighted by molar-refractivity contribution is 6.07. The zero-order valence-electron chi connectivity index (χ0n) is 18.5. The fourth-order valence-corrected chi connectivity index (χ4v) is 4.14. The van der Waals surface area contributed by atoms with E-state index in [2.05, 4.69) is 10.6 Å². The number of ether oxygens (including phenoxy) is 2.